The van der Waals surface area contributed by atoms with E-state index >= 15 is 0 Å². The molecule has 0 saturated heterocycles. The monoisotopic (exact) mass is 332 g/mol. The summed E-state index contributed by atoms with van der Waals surface area (Å²) >= 11 is 0. The van der Waals surface area contributed by atoms with E-state index in [1.165, 1.54) is 6.07 Å². The van der Waals surface area contributed by atoms with Gasteiger partial charge >= 0.3 is 0 Å². The van der Waals surface area contributed by atoms with Crippen LogP contribution in [0.15, 0.2) is 17.0 Å². The lowest BCUT2D eigenvalue weighted by Gasteiger charge is -2.27. The third kappa shape index (κ3) is 3.29. The van der Waals surface area contributed by atoms with E-state index in [0.29, 0.717) is 24.3 Å². The molecule has 0 aromatic heterocycles. The standard InChI is InChI=1S/C15H18F2O4S/c1-15(2,8-12(18)14(16)17)11-7-10(22(3,19)20)6-9-4-5-21-13(9)11/h6-7,14H,4-5,8H2,1-3H3. The molecule has 0 saturated carbocycles. The van der Waals surface area contributed by atoms with E-state index in [1.54, 1.807) is 19.9 Å². The van der Waals surface area contributed by atoms with Crippen LogP contribution in [-0.4, -0.2) is 33.5 Å². The summed E-state index contributed by atoms with van der Waals surface area (Å²) in [4.78, 5) is 11.5. The molecule has 0 bridgehead atoms. The Morgan fingerprint density at radius 1 is 1.36 bits per heavy atom. The molecule has 7 heteroatoms. The van der Waals surface area contributed by atoms with E-state index in [4.69, 9.17) is 4.74 Å². The highest BCUT2D eigenvalue weighted by atomic mass is 32.2. The second-order valence-electron chi connectivity index (χ2n) is 6.16. The Kier molecular flexibility index (Phi) is 4.30. The van der Waals surface area contributed by atoms with Crippen LogP contribution in [0.3, 0.4) is 0 Å². The number of Topliss-reactive ketones (excluding diaryl/α,β-unsaturated/α-hetero) is 1. The zero-order valence-corrected chi connectivity index (χ0v) is 13.5. The maximum atomic E-state index is 12.5. The first-order valence-electron chi connectivity index (χ1n) is 6.83. The number of rotatable bonds is 5. The molecule has 0 fully saturated rings. The zero-order valence-electron chi connectivity index (χ0n) is 12.7. The van der Waals surface area contributed by atoms with Gasteiger partial charge in [0.25, 0.3) is 6.43 Å². The number of halogens is 2. The van der Waals surface area contributed by atoms with Crippen molar-refractivity contribution in [1.29, 1.82) is 0 Å². The van der Waals surface area contributed by atoms with Crippen LogP contribution >= 0.6 is 0 Å². The molecule has 0 amide bonds. The Morgan fingerprint density at radius 2 is 2.00 bits per heavy atom. The van der Waals surface area contributed by atoms with Crippen LogP contribution in [0.1, 0.15) is 31.4 Å². The summed E-state index contributed by atoms with van der Waals surface area (Å²) in [5.41, 5.74) is 0.273. The van der Waals surface area contributed by atoms with Crippen LogP contribution in [0.4, 0.5) is 8.78 Å². The van der Waals surface area contributed by atoms with Crippen molar-refractivity contribution in [2.75, 3.05) is 12.9 Å². The van der Waals surface area contributed by atoms with E-state index in [2.05, 4.69) is 0 Å². The van der Waals surface area contributed by atoms with Gasteiger partial charge in [0.15, 0.2) is 15.6 Å². The maximum absolute atomic E-state index is 12.5. The maximum Gasteiger partial charge on any atom is 0.296 e. The van der Waals surface area contributed by atoms with Crippen molar-refractivity contribution in [3.8, 4) is 5.75 Å². The Balaban J connectivity index is 2.54. The van der Waals surface area contributed by atoms with Crippen LogP contribution in [0.2, 0.25) is 0 Å². The zero-order chi connectivity index (χ0) is 16.7. The number of sulfone groups is 1. The van der Waals surface area contributed by atoms with E-state index in [1.807, 2.05) is 0 Å². The summed E-state index contributed by atoms with van der Waals surface area (Å²) in [6, 6.07) is 2.98. The van der Waals surface area contributed by atoms with Gasteiger partial charge in [0.05, 0.1) is 11.5 Å². The number of carbonyl (C=O) groups is 1. The fourth-order valence-corrected chi connectivity index (χ4v) is 3.29. The lowest BCUT2D eigenvalue weighted by atomic mass is 9.79. The molecule has 1 heterocycles. The van der Waals surface area contributed by atoms with Crippen molar-refractivity contribution in [1.82, 2.24) is 0 Å². The Morgan fingerprint density at radius 3 is 2.55 bits per heavy atom. The van der Waals surface area contributed by atoms with Crippen LogP contribution in [0, 0.1) is 0 Å². The van der Waals surface area contributed by atoms with Crippen molar-refractivity contribution in [3.05, 3.63) is 23.3 Å². The average Bonchev–Trinajstić information content (AvgIpc) is 2.83. The van der Waals surface area contributed by atoms with Crippen molar-refractivity contribution >= 4 is 15.6 Å². The molecule has 22 heavy (non-hydrogen) atoms. The second-order valence-corrected chi connectivity index (χ2v) is 8.17. The molecule has 1 aliphatic heterocycles. The molecular weight excluding hydrogens is 314 g/mol. The van der Waals surface area contributed by atoms with Gasteiger partial charge in [0.2, 0.25) is 0 Å². The SMILES string of the molecule is CC(C)(CC(=O)C(F)F)c1cc(S(C)(=O)=O)cc2c1OCC2. The summed E-state index contributed by atoms with van der Waals surface area (Å²) < 4.78 is 54.2. The normalized spacial score (nSPS) is 14.8. The summed E-state index contributed by atoms with van der Waals surface area (Å²) in [6.45, 7) is 3.68. The second kappa shape index (κ2) is 5.61. The van der Waals surface area contributed by atoms with Gasteiger partial charge in [0, 0.05) is 30.1 Å². The van der Waals surface area contributed by atoms with Gasteiger partial charge < -0.3 is 4.74 Å². The van der Waals surface area contributed by atoms with E-state index in [9.17, 15) is 22.0 Å². The molecule has 0 N–H and O–H groups in total. The fraction of sp³-hybridized carbons (Fsp3) is 0.533. The third-order valence-electron chi connectivity index (χ3n) is 3.77. The summed E-state index contributed by atoms with van der Waals surface area (Å²) in [5.74, 6) is -0.652. The number of fused-ring (bicyclic) bond motifs is 1. The number of ketones is 1. The Bertz CT molecular complexity index is 708. The highest BCUT2D eigenvalue weighted by molar-refractivity contribution is 7.90. The molecule has 4 nitrogen and oxygen atoms in total. The highest BCUT2D eigenvalue weighted by Crippen LogP contribution is 2.41. The predicted octanol–water partition coefficient (Wildman–Crippen LogP) is 2.53. The first-order valence-corrected chi connectivity index (χ1v) is 8.72. The molecule has 0 aliphatic carbocycles. The average molecular weight is 332 g/mol. The van der Waals surface area contributed by atoms with Gasteiger partial charge in [-0.1, -0.05) is 13.8 Å². The minimum atomic E-state index is -3.44. The quantitative estimate of drug-likeness (QED) is 0.831. The molecule has 1 aromatic carbocycles. The number of carbonyl (C=O) groups excluding carboxylic acids is 1. The van der Waals surface area contributed by atoms with Gasteiger partial charge in [0.1, 0.15) is 5.75 Å². The van der Waals surface area contributed by atoms with Gasteiger partial charge in [-0.15, -0.1) is 0 Å². The largest absolute Gasteiger partial charge is 0.493 e. The predicted molar refractivity (Wildman–Crippen MR) is 77.4 cm³/mol. The molecule has 0 atom stereocenters. The number of ether oxygens (including phenoxy) is 1. The molecular formula is C15H18F2O4S. The minimum absolute atomic E-state index is 0.115. The van der Waals surface area contributed by atoms with Crippen molar-refractivity contribution in [2.24, 2.45) is 0 Å². The lowest BCUT2D eigenvalue weighted by molar-refractivity contribution is -0.130. The van der Waals surface area contributed by atoms with Gasteiger partial charge in [-0.05, 0) is 17.7 Å². The molecule has 0 spiro atoms. The highest BCUT2D eigenvalue weighted by Gasteiger charge is 2.34. The first kappa shape index (κ1) is 16.9. The number of alkyl halides is 2. The number of benzene rings is 1. The third-order valence-corrected chi connectivity index (χ3v) is 4.87. The van der Waals surface area contributed by atoms with Gasteiger partial charge in [-0.2, -0.15) is 0 Å². The topological polar surface area (TPSA) is 60.4 Å². The van der Waals surface area contributed by atoms with Crippen molar-refractivity contribution in [2.45, 2.75) is 43.4 Å². The molecule has 1 aliphatic rings. The first-order chi connectivity index (χ1) is 10.0. The van der Waals surface area contributed by atoms with Crippen LogP contribution < -0.4 is 4.74 Å². The summed E-state index contributed by atoms with van der Waals surface area (Å²) in [6.07, 6.45) is -1.77. The van der Waals surface area contributed by atoms with Crippen LogP contribution in [-0.2, 0) is 26.5 Å². The van der Waals surface area contributed by atoms with E-state index < -0.39 is 27.5 Å². The Labute approximate surface area is 128 Å². The molecule has 0 radical (unpaired) electrons. The summed E-state index contributed by atoms with van der Waals surface area (Å²) in [5, 5.41) is 0. The van der Waals surface area contributed by atoms with Crippen molar-refractivity contribution < 1.29 is 26.7 Å². The number of hydrogen-bond acceptors (Lipinski definition) is 4. The summed E-state index contributed by atoms with van der Waals surface area (Å²) in [7, 11) is -3.44. The van der Waals surface area contributed by atoms with Gasteiger partial charge in [-0.25, -0.2) is 17.2 Å². The molecule has 1 aromatic rings. The fourth-order valence-electron chi connectivity index (χ4n) is 2.60. The van der Waals surface area contributed by atoms with Crippen molar-refractivity contribution in [3.63, 3.8) is 0 Å². The lowest BCUT2D eigenvalue weighted by Crippen LogP contribution is -2.26. The minimum Gasteiger partial charge on any atom is -0.493 e. The molecule has 122 valence electrons. The number of hydrogen-bond donors (Lipinski definition) is 0. The van der Waals surface area contributed by atoms with Crippen LogP contribution in [0.25, 0.3) is 0 Å². The van der Waals surface area contributed by atoms with Gasteiger partial charge in [-0.3, -0.25) is 4.79 Å². The Hall–Kier alpha value is -1.50. The van der Waals surface area contributed by atoms with E-state index in [-0.39, 0.29) is 11.3 Å². The van der Waals surface area contributed by atoms with Crippen LogP contribution in [0.5, 0.6) is 5.75 Å². The molecule has 2 rings (SSSR count). The smallest absolute Gasteiger partial charge is 0.296 e. The van der Waals surface area contributed by atoms with E-state index in [0.717, 1.165) is 11.8 Å². The molecule has 0 unspecified atom stereocenters.